The third-order valence-electron chi connectivity index (χ3n) is 3.45. The fraction of sp³-hybridized carbons (Fsp3) is 0.533. The molecule has 1 heterocycles. The summed E-state index contributed by atoms with van der Waals surface area (Å²) in [5.41, 5.74) is 2.71. The van der Waals surface area contributed by atoms with Crippen LogP contribution in [0.2, 0.25) is 0 Å². The van der Waals surface area contributed by atoms with Gasteiger partial charge >= 0.3 is 0 Å². The molecule has 1 amide bonds. The van der Waals surface area contributed by atoms with E-state index in [4.69, 9.17) is 0 Å². The van der Waals surface area contributed by atoms with E-state index in [1.165, 1.54) is 11.1 Å². The zero-order valence-corrected chi connectivity index (χ0v) is 11.2. The first-order chi connectivity index (χ1) is 8.63. The van der Waals surface area contributed by atoms with Crippen LogP contribution in [0.5, 0.6) is 0 Å². The maximum Gasteiger partial charge on any atom is 0.221 e. The predicted octanol–water partition coefficient (Wildman–Crippen LogP) is 1.79. The first-order valence-electron chi connectivity index (χ1n) is 6.72. The number of nitrogens with one attached hydrogen (secondary N) is 2. The molecule has 2 rings (SSSR count). The molecule has 0 saturated carbocycles. The standard InChI is InChI=1S/C15H22N2O/c1-11-4-3-5-13(8-11)7-6-12(2)17-14-9-15(18)16-10-14/h3-5,8,12,14,17H,6-7,9-10H2,1-2H3,(H,16,18). The second-order valence-corrected chi connectivity index (χ2v) is 5.30. The van der Waals surface area contributed by atoms with Crippen molar-refractivity contribution in [2.24, 2.45) is 0 Å². The van der Waals surface area contributed by atoms with Gasteiger partial charge in [0.25, 0.3) is 0 Å². The highest BCUT2D eigenvalue weighted by Crippen LogP contribution is 2.09. The summed E-state index contributed by atoms with van der Waals surface area (Å²) in [7, 11) is 0. The van der Waals surface area contributed by atoms with Crippen LogP contribution in [0.25, 0.3) is 0 Å². The molecule has 1 fully saturated rings. The lowest BCUT2D eigenvalue weighted by Crippen LogP contribution is -2.38. The Bertz CT molecular complexity index is 417. The van der Waals surface area contributed by atoms with E-state index in [0.717, 1.165) is 19.4 Å². The van der Waals surface area contributed by atoms with Gasteiger partial charge in [-0.25, -0.2) is 0 Å². The second-order valence-electron chi connectivity index (χ2n) is 5.30. The molecule has 0 aliphatic carbocycles. The Labute approximate surface area is 109 Å². The van der Waals surface area contributed by atoms with E-state index in [1.807, 2.05) is 0 Å². The molecular formula is C15H22N2O. The van der Waals surface area contributed by atoms with Gasteiger partial charge in [-0.2, -0.15) is 0 Å². The number of amides is 1. The van der Waals surface area contributed by atoms with Gasteiger partial charge < -0.3 is 10.6 Å². The molecule has 1 aliphatic rings. The minimum Gasteiger partial charge on any atom is -0.354 e. The van der Waals surface area contributed by atoms with Gasteiger partial charge in [0.05, 0.1) is 0 Å². The van der Waals surface area contributed by atoms with E-state index in [1.54, 1.807) is 0 Å². The van der Waals surface area contributed by atoms with Gasteiger partial charge in [0, 0.05) is 25.0 Å². The Kier molecular flexibility index (Phi) is 4.37. The van der Waals surface area contributed by atoms with Crippen LogP contribution in [-0.2, 0) is 11.2 Å². The van der Waals surface area contributed by atoms with E-state index in [9.17, 15) is 4.79 Å². The number of carbonyl (C=O) groups is 1. The Morgan fingerprint density at radius 2 is 2.33 bits per heavy atom. The van der Waals surface area contributed by atoms with E-state index >= 15 is 0 Å². The molecule has 3 heteroatoms. The van der Waals surface area contributed by atoms with Crippen molar-refractivity contribution in [2.75, 3.05) is 6.54 Å². The van der Waals surface area contributed by atoms with Crippen LogP contribution in [-0.4, -0.2) is 24.5 Å². The molecule has 1 aliphatic heterocycles. The van der Waals surface area contributed by atoms with Gasteiger partial charge in [-0.1, -0.05) is 29.8 Å². The van der Waals surface area contributed by atoms with Crippen LogP contribution in [0.15, 0.2) is 24.3 Å². The summed E-state index contributed by atoms with van der Waals surface area (Å²) in [5, 5.41) is 6.37. The van der Waals surface area contributed by atoms with Crippen LogP contribution in [0.1, 0.15) is 30.9 Å². The third kappa shape index (κ3) is 3.84. The molecule has 3 nitrogen and oxygen atoms in total. The van der Waals surface area contributed by atoms with Crippen molar-refractivity contribution < 1.29 is 4.79 Å². The molecule has 0 spiro atoms. The number of benzene rings is 1. The van der Waals surface area contributed by atoms with E-state index in [-0.39, 0.29) is 5.91 Å². The topological polar surface area (TPSA) is 41.1 Å². The Balaban J connectivity index is 1.74. The monoisotopic (exact) mass is 246 g/mol. The summed E-state index contributed by atoms with van der Waals surface area (Å²) in [6.45, 7) is 5.09. The Morgan fingerprint density at radius 1 is 1.50 bits per heavy atom. The predicted molar refractivity (Wildman–Crippen MR) is 73.5 cm³/mol. The summed E-state index contributed by atoms with van der Waals surface area (Å²) in [6, 6.07) is 9.42. The van der Waals surface area contributed by atoms with E-state index < -0.39 is 0 Å². The van der Waals surface area contributed by atoms with Gasteiger partial charge in [-0.15, -0.1) is 0 Å². The number of hydrogen-bond donors (Lipinski definition) is 2. The fourth-order valence-electron chi connectivity index (χ4n) is 2.46. The molecule has 1 aromatic carbocycles. The first kappa shape index (κ1) is 13.1. The smallest absolute Gasteiger partial charge is 0.221 e. The van der Waals surface area contributed by atoms with Gasteiger partial charge in [0.1, 0.15) is 0 Å². The summed E-state index contributed by atoms with van der Waals surface area (Å²) >= 11 is 0. The van der Waals surface area contributed by atoms with Crippen LogP contribution in [0.3, 0.4) is 0 Å². The highest BCUT2D eigenvalue weighted by Gasteiger charge is 2.22. The molecule has 2 atom stereocenters. The number of carbonyl (C=O) groups excluding carboxylic acids is 1. The molecule has 0 bridgehead atoms. The minimum absolute atomic E-state index is 0.165. The zero-order valence-electron chi connectivity index (χ0n) is 11.2. The number of rotatable bonds is 5. The van der Waals surface area contributed by atoms with Crippen molar-refractivity contribution in [3.8, 4) is 0 Å². The molecule has 1 saturated heterocycles. The average Bonchev–Trinajstić information content (AvgIpc) is 2.72. The Hall–Kier alpha value is -1.35. The number of aryl methyl sites for hydroxylation is 2. The summed E-state index contributed by atoms with van der Waals surface area (Å²) in [4.78, 5) is 11.1. The second kappa shape index (κ2) is 6.01. The van der Waals surface area contributed by atoms with Crippen molar-refractivity contribution in [1.82, 2.24) is 10.6 Å². The molecule has 0 radical (unpaired) electrons. The maximum atomic E-state index is 11.1. The molecule has 18 heavy (non-hydrogen) atoms. The van der Waals surface area contributed by atoms with Crippen LogP contribution < -0.4 is 10.6 Å². The van der Waals surface area contributed by atoms with Gasteiger partial charge in [0.15, 0.2) is 0 Å². The largest absolute Gasteiger partial charge is 0.354 e. The summed E-state index contributed by atoms with van der Waals surface area (Å²) in [6.07, 6.45) is 2.81. The maximum absolute atomic E-state index is 11.1. The fourth-order valence-corrected chi connectivity index (χ4v) is 2.46. The lowest BCUT2D eigenvalue weighted by molar-refractivity contribution is -0.119. The molecule has 2 unspecified atom stereocenters. The SMILES string of the molecule is Cc1cccc(CCC(C)NC2CNC(=O)C2)c1. The van der Waals surface area contributed by atoms with Gasteiger partial charge in [-0.05, 0) is 32.3 Å². The molecule has 98 valence electrons. The Morgan fingerprint density at radius 3 is 3.00 bits per heavy atom. The first-order valence-corrected chi connectivity index (χ1v) is 6.72. The molecule has 2 N–H and O–H groups in total. The van der Waals surface area contributed by atoms with Gasteiger partial charge in [0.2, 0.25) is 5.91 Å². The summed E-state index contributed by atoms with van der Waals surface area (Å²) < 4.78 is 0. The van der Waals surface area contributed by atoms with Crippen LogP contribution >= 0.6 is 0 Å². The summed E-state index contributed by atoms with van der Waals surface area (Å²) in [5.74, 6) is 0.165. The third-order valence-corrected chi connectivity index (χ3v) is 3.45. The zero-order chi connectivity index (χ0) is 13.0. The minimum atomic E-state index is 0.165. The van der Waals surface area contributed by atoms with E-state index in [2.05, 4.69) is 48.7 Å². The van der Waals surface area contributed by atoms with Crippen molar-refractivity contribution in [1.29, 1.82) is 0 Å². The average molecular weight is 246 g/mol. The van der Waals surface area contributed by atoms with Crippen molar-refractivity contribution in [3.63, 3.8) is 0 Å². The lowest BCUT2D eigenvalue weighted by Gasteiger charge is -2.18. The molecule has 1 aromatic rings. The van der Waals surface area contributed by atoms with Crippen LogP contribution in [0, 0.1) is 6.92 Å². The number of hydrogen-bond acceptors (Lipinski definition) is 2. The normalized spacial score (nSPS) is 20.8. The molecule has 0 aromatic heterocycles. The van der Waals surface area contributed by atoms with Gasteiger partial charge in [-0.3, -0.25) is 4.79 Å². The van der Waals surface area contributed by atoms with Crippen molar-refractivity contribution >= 4 is 5.91 Å². The quantitative estimate of drug-likeness (QED) is 0.831. The van der Waals surface area contributed by atoms with E-state index in [0.29, 0.717) is 18.5 Å². The molecular weight excluding hydrogens is 224 g/mol. The van der Waals surface area contributed by atoms with Crippen LogP contribution in [0.4, 0.5) is 0 Å². The highest BCUT2D eigenvalue weighted by atomic mass is 16.1. The van der Waals surface area contributed by atoms with Crippen molar-refractivity contribution in [2.45, 2.75) is 45.2 Å². The van der Waals surface area contributed by atoms with Crippen molar-refractivity contribution in [3.05, 3.63) is 35.4 Å². The lowest BCUT2D eigenvalue weighted by atomic mass is 10.0. The highest BCUT2D eigenvalue weighted by molar-refractivity contribution is 5.78.